The quantitative estimate of drug-likeness (QED) is 0.877. The number of hydrogen-bond acceptors (Lipinski definition) is 3. The summed E-state index contributed by atoms with van der Waals surface area (Å²) in [5.41, 5.74) is 2.14. The first-order valence-electron chi connectivity index (χ1n) is 6.33. The summed E-state index contributed by atoms with van der Waals surface area (Å²) in [4.78, 5) is 8.78. The average Bonchev–Trinajstić information content (AvgIpc) is 2.96. The summed E-state index contributed by atoms with van der Waals surface area (Å²) in [6.07, 6.45) is 9.02. The van der Waals surface area contributed by atoms with E-state index in [2.05, 4.69) is 26.9 Å². The molecule has 2 aromatic heterocycles. The Labute approximate surface area is 101 Å². The van der Waals surface area contributed by atoms with Crippen LogP contribution in [0.25, 0.3) is 11.0 Å². The van der Waals surface area contributed by atoms with E-state index in [1.54, 1.807) is 6.20 Å². The first kappa shape index (κ1) is 10.7. The summed E-state index contributed by atoms with van der Waals surface area (Å²) in [6.45, 7) is 0.857. The minimum absolute atomic E-state index is 0.688. The Morgan fingerprint density at radius 2 is 2.24 bits per heavy atom. The van der Waals surface area contributed by atoms with E-state index in [-0.39, 0.29) is 0 Å². The SMILES string of the molecule is Cn1c(CNC2CCCC2)nc2ccncc21. The van der Waals surface area contributed by atoms with Crippen molar-refractivity contribution in [3.05, 3.63) is 24.3 Å². The zero-order chi connectivity index (χ0) is 11.7. The van der Waals surface area contributed by atoms with Crippen molar-refractivity contribution in [2.75, 3.05) is 0 Å². The Morgan fingerprint density at radius 3 is 3.00 bits per heavy atom. The molecule has 1 fully saturated rings. The minimum Gasteiger partial charge on any atom is -0.329 e. The van der Waals surface area contributed by atoms with Gasteiger partial charge in [0.05, 0.1) is 23.8 Å². The third kappa shape index (κ3) is 2.05. The molecule has 4 nitrogen and oxygen atoms in total. The van der Waals surface area contributed by atoms with Gasteiger partial charge in [0, 0.05) is 19.3 Å². The van der Waals surface area contributed by atoms with Crippen LogP contribution in [-0.2, 0) is 13.6 Å². The van der Waals surface area contributed by atoms with Gasteiger partial charge in [-0.3, -0.25) is 4.98 Å². The number of fused-ring (bicyclic) bond motifs is 1. The molecule has 1 aliphatic carbocycles. The number of hydrogen-bond donors (Lipinski definition) is 1. The van der Waals surface area contributed by atoms with Gasteiger partial charge in [-0.15, -0.1) is 0 Å². The highest BCUT2D eigenvalue weighted by molar-refractivity contribution is 5.74. The van der Waals surface area contributed by atoms with E-state index in [4.69, 9.17) is 0 Å². The summed E-state index contributed by atoms with van der Waals surface area (Å²) in [5.74, 6) is 1.10. The molecular formula is C13H18N4. The predicted molar refractivity (Wildman–Crippen MR) is 67.6 cm³/mol. The van der Waals surface area contributed by atoms with E-state index in [0.717, 1.165) is 23.4 Å². The molecule has 1 N–H and O–H groups in total. The van der Waals surface area contributed by atoms with E-state index in [9.17, 15) is 0 Å². The topological polar surface area (TPSA) is 42.7 Å². The maximum atomic E-state index is 4.63. The van der Waals surface area contributed by atoms with Crippen LogP contribution in [0.1, 0.15) is 31.5 Å². The van der Waals surface area contributed by atoms with Crippen LogP contribution in [0.2, 0.25) is 0 Å². The largest absolute Gasteiger partial charge is 0.329 e. The highest BCUT2D eigenvalue weighted by atomic mass is 15.1. The van der Waals surface area contributed by atoms with Gasteiger partial charge in [-0.2, -0.15) is 0 Å². The third-order valence-corrected chi connectivity index (χ3v) is 3.68. The summed E-state index contributed by atoms with van der Waals surface area (Å²) in [7, 11) is 2.06. The molecule has 17 heavy (non-hydrogen) atoms. The van der Waals surface area contributed by atoms with Crippen LogP contribution in [0.15, 0.2) is 18.5 Å². The lowest BCUT2D eigenvalue weighted by atomic mass is 10.2. The summed E-state index contributed by atoms with van der Waals surface area (Å²) >= 11 is 0. The molecule has 0 spiro atoms. The highest BCUT2D eigenvalue weighted by Crippen LogP contribution is 2.18. The van der Waals surface area contributed by atoms with Gasteiger partial charge < -0.3 is 9.88 Å². The number of imidazole rings is 1. The Balaban J connectivity index is 1.78. The summed E-state index contributed by atoms with van der Waals surface area (Å²) < 4.78 is 2.13. The molecule has 1 saturated carbocycles. The number of aromatic nitrogens is 3. The standard InChI is InChI=1S/C13H18N4/c1-17-12-8-14-7-6-11(12)16-13(17)9-15-10-4-2-3-5-10/h6-8,10,15H,2-5,9H2,1H3. The van der Waals surface area contributed by atoms with Crippen molar-refractivity contribution in [2.45, 2.75) is 38.3 Å². The normalized spacial score (nSPS) is 17.0. The molecule has 0 radical (unpaired) electrons. The molecule has 1 aliphatic rings. The smallest absolute Gasteiger partial charge is 0.123 e. The van der Waals surface area contributed by atoms with Gasteiger partial charge in [0.1, 0.15) is 5.82 Å². The van der Waals surface area contributed by atoms with E-state index in [1.165, 1.54) is 25.7 Å². The summed E-state index contributed by atoms with van der Waals surface area (Å²) in [5, 5.41) is 3.60. The van der Waals surface area contributed by atoms with E-state index in [1.807, 2.05) is 12.3 Å². The Hall–Kier alpha value is -1.42. The molecule has 3 rings (SSSR count). The van der Waals surface area contributed by atoms with Gasteiger partial charge >= 0.3 is 0 Å². The maximum Gasteiger partial charge on any atom is 0.123 e. The molecule has 4 heteroatoms. The van der Waals surface area contributed by atoms with Crippen molar-refractivity contribution in [1.82, 2.24) is 19.9 Å². The molecule has 0 amide bonds. The lowest BCUT2D eigenvalue weighted by Gasteiger charge is -2.11. The van der Waals surface area contributed by atoms with Crippen LogP contribution in [-0.4, -0.2) is 20.6 Å². The van der Waals surface area contributed by atoms with Crippen LogP contribution in [0.4, 0.5) is 0 Å². The van der Waals surface area contributed by atoms with E-state index >= 15 is 0 Å². The number of rotatable bonds is 3. The fraction of sp³-hybridized carbons (Fsp3) is 0.538. The Bertz CT molecular complexity index is 511. The lowest BCUT2D eigenvalue weighted by Crippen LogP contribution is -2.26. The van der Waals surface area contributed by atoms with Crippen LogP contribution in [0.3, 0.4) is 0 Å². The first-order valence-corrected chi connectivity index (χ1v) is 6.33. The number of aryl methyl sites for hydroxylation is 1. The van der Waals surface area contributed by atoms with Gasteiger partial charge in [-0.25, -0.2) is 4.98 Å². The molecule has 0 bridgehead atoms. The summed E-state index contributed by atoms with van der Waals surface area (Å²) in [6, 6.07) is 2.65. The van der Waals surface area contributed by atoms with Gasteiger partial charge in [-0.1, -0.05) is 12.8 Å². The van der Waals surface area contributed by atoms with Crippen molar-refractivity contribution < 1.29 is 0 Å². The van der Waals surface area contributed by atoms with Crippen LogP contribution in [0.5, 0.6) is 0 Å². The van der Waals surface area contributed by atoms with Crippen molar-refractivity contribution >= 4 is 11.0 Å². The maximum absolute atomic E-state index is 4.63. The molecule has 2 aromatic rings. The van der Waals surface area contributed by atoms with Gasteiger partial charge in [0.25, 0.3) is 0 Å². The van der Waals surface area contributed by atoms with E-state index < -0.39 is 0 Å². The zero-order valence-electron chi connectivity index (χ0n) is 10.2. The number of nitrogens with zero attached hydrogens (tertiary/aromatic N) is 3. The first-order chi connectivity index (χ1) is 8.34. The van der Waals surface area contributed by atoms with Gasteiger partial charge in [-0.05, 0) is 18.9 Å². The second-order valence-electron chi connectivity index (χ2n) is 4.81. The highest BCUT2D eigenvalue weighted by Gasteiger charge is 2.15. The van der Waals surface area contributed by atoms with Crippen molar-refractivity contribution in [2.24, 2.45) is 7.05 Å². The molecule has 2 heterocycles. The average molecular weight is 230 g/mol. The number of nitrogens with one attached hydrogen (secondary N) is 1. The fourth-order valence-corrected chi connectivity index (χ4v) is 2.61. The molecule has 0 aromatic carbocycles. The van der Waals surface area contributed by atoms with Crippen LogP contribution in [0, 0.1) is 0 Å². The molecular weight excluding hydrogens is 212 g/mol. The van der Waals surface area contributed by atoms with Crippen molar-refractivity contribution in [3.8, 4) is 0 Å². The minimum atomic E-state index is 0.688. The van der Waals surface area contributed by atoms with Crippen molar-refractivity contribution in [1.29, 1.82) is 0 Å². The van der Waals surface area contributed by atoms with Crippen LogP contribution >= 0.6 is 0 Å². The number of pyridine rings is 1. The molecule has 0 atom stereocenters. The van der Waals surface area contributed by atoms with Gasteiger partial charge in [0.2, 0.25) is 0 Å². The Kier molecular flexibility index (Phi) is 2.81. The third-order valence-electron chi connectivity index (χ3n) is 3.68. The predicted octanol–water partition coefficient (Wildman–Crippen LogP) is 2.00. The van der Waals surface area contributed by atoms with E-state index in [0.29, 0.717) is 6.04 Å². The molecule has 90 valence electrons. The zero-order valence-corrected chi connectivity index (χ0v) is 10.2. The molecule has 0 aliphatic heterocycles. The lowest BCUT2D eigenvalue weighted by molar-refractivity contribution is 0.508. The molecule has 0 saturated heterocycles. The molecule has 0 unspecified atom stereocenters. The van der Waals surface area contributed by atoms with Crippen LogP contribution < -0.4 is 5.32 Å². The van der Waals surface area contributed by atoms with Crippen molar-refractivity contribution in [3.63, 3.8) is 0 Å². The second kappa shape index (κ2) is 4.45. The van der Waals surface area contributed by atoms with Gasteiger partial charge in [0.15, 0.2) is 0 Å². The monoisotopic (exact) mass is 230 g/mol. The fourth-order valence-electron chi connectivity index (χ4n) is 2.61. The Morgan fingerprint density at radius 1 is 1.41 bits per heavy atom. The second-order valence-corrected chi connectivity index (χ2v) is 4.81.